The summed E-state index contributed by atoms with van der Waals surface area (Å²) in [6.45, 7) is 12.3. The van der Waals surface area contributed by atoms with E-state index in [0.717, 1.165) is 6.42 Å². The van der Waals surface area contributed by atoms with E-state index >= 15 is 0 Å². The topological polar surface area (TPSA) is 65.3 Å². The molecule has 0 radical (unpaired) electrons. The average Bonchev–Trinajstić information content (AvgIpc) is 3.16. The molecule has 6 heteroatoms. The van der Waals surface area contributed by atoms with Gasteiger partial charge in [-0.05, 0) is 45.3 Å². The first-order valence-electron chi connectivity index (χ1n) is 12.0. The molecule has 2 amide bonds. The van der Waals surface area contributed by atoms with E-state index in [1.165, 1.54) is 5.01 Å². The molecule has 0 aromatic carbocycles. The van der Waals surface area contributed by atoms with E-state index < -0.39 is 11.5 Å². The monoisotopic (exact) mass is 458 g/mol. The number of carbonyl (C=O) groups excluding carboxylic acids is 2. The van der Waals surface area contributed by atoms with Crippen LogP contribution in [0, 0.1) is 17.3 Å². The van der Waals surface area contributed by atoms with Crippen LogP contribution in [0.2, 0.25) is 0 Å². The fourth-order valence-electron chi connectivity index (χ4n) is 4.70. The van der Waals surface area contributed by atoms with Crippen LogP contribution in [0.1, 0.15) is 54.4 Å². The summed E-state index contributed by atoms with van der Waals surface area (Å²) in [4.78, 5) is 26.7. The molecule has 0 N–H and O–H groups in total. The lowest BCUT2D eigenvalue weighted by molar-refractivity contribution is -0.134. The van der Waals surface area contributed by atoms with Crippen LogP contribution in [-0.4, -0.2) is 38.8 Å². The third-order valence-electron chi connectivity index (χ3n) is 7.55. The number of nitrogens with zero attached hydrogens (tertiary/aromatic N) is 4. The molecule has 4 atom stereocenters. The summed E-state index contributed by atoms with van der Waals surface area (Å²) in [5, 5.41) is 12.1. The highest BCUT2D eigenvalue weighted by Crippen LogP contribution is 2.36. The quantitative estimate of drug-likeness (QED) is 0.525. The van der Waals surface area contributed by atoms with Crippen LogP contribution in [0.15, 0.2) is 82.2 Å². The first kappa shape index (κ1) is 23.9. The van der Waals surface area contributed by atoms with Crippen molar-refractivity contribution in [1.29, 1.82) is 0 Å². The zero-order valence-electron chi connectivity index (χ0n) is 20.9. The highest BCUT2D eigenvalue weighted by molar-refractivity contribution is 6.25. The standard InChI is InChI=1S/C28H34N4O2/c1-7-19(2)27(5)14-11-12-22(13-17-27)31-25(33)23(20(3)29-31)18-24-21(4)30-32(26(24)34)28(6)15-9-8-10-16-28/h8-15,17-19,24H,7,16H2,1-6H3/b23-18+. The second-order valence-electron chi connectivity index (χ2n) is 10.1. The minimum absolute atomic E-state index is 0.0840. The average molecular weight is 459 g/mol. The number of amides is 2. The molecule has 0 spiro atoms. The molecule has 2 heterocycles. The highest BCUT2D eigenvalue weighted by Gasteiger charge is 2.43. The molecular formula is C28H34N4O2. The molecule has 0 saturated carbocycles. The van der Waals surface area contributed by atoms with Crippen molar-refractivity contribution in [1.82, 2.24) is 10.0 Å². The number of hydrogen-bond acceptors (Lipinski definition) is 4. The summed E-state index contributed by atoms with van der Waals surface area (Å²) in [5.41, 5.74) is 1.86. The van der Waals surface area contributed by atoms with Crippen molar-refractivity contribution >= 4 is 23.2 Å². The summed E-state index contributed by atoms with van der Waals surface area (Å²) in [7, 11) is 0. The van der Waals surface area contributed by atoms with E-state index in [1.54, 1.807) is 11.1 Å². The van der Waals surface area contributed by atoms with Crippen molar-refractivity contribution < 1.29 is 9.59 Å². The van der Waals surface area contributed by atoms with Crippen LogP contribution in [0.3, 0.4) is 0 Å². The maximum absolute atomic E-state index is 13.4. The third kappa shape index (κ3) is 4.06. The van der Waals surface area contributed by atoms with Crippen molar-refractivity contribution in [3.8, 4) is 0 Å². The Morgan fingerprint density at radius 1 is 1.12 bits per heavy atom. The molecule has 178 valence electrons. The van der Waals surface area contributed by atoms with Gasteiger partial charge in [0.2, 0.25) is 0 Å². The predicted octanol–water partition coefficient (Wildman–Crippen LogP) is 5.30. The molecule has 0 aromatic heterocycles. The van der Waals surface area contributed by atoms with Crippen LogP contribution in [0.5, 0.6) is 0 Å². The van der Waals surface area contributed by atoms with Gasteiger partial charge in [0.05, 0.1) is 34.2 Å². The molecule has 0 fully saturated rings. The number of allylic oxidation sites excluding steroid dienone is 7. The van der Waals surface area contributed by atoms with Gasteiger partial charge in [-0.15, -0.1) is 0 Å². The highest BCUT2D eigenvalue weighted by atomic mass is 16.2. The summed E-state index contributed by atoms with van der Waals surface area (Å²) >= 11 is 0. The molecule has 2 aliphatic heterocycles. The van der Waals surface area contributed by atoms with Gasteiger partial charge < -0.3 is 0 Å². The van der Waals surface area contributed by atoms with E-state index in [0.29, 0.717) is 35.0 Å². The van der Waals surface area contributed by atoms with Crippen molar-refractivity contribution in [3.63, 3.8) is 0 Å². The number of hydrogen-bond donors (Lipinski definition) is 0. The van der Waals surface area contributed by atoms with Gasteiger partial charge in [-0.2, -0.15) is 15.2 Å². The Bertz CT molecular complexity index is 1150. The Hall–Kier alpha value is -3.28. The Labute approximate surface area is 202 Å². The Kier molecular flexibility index (Phi) is 6.19. The van der Waals surface area contributed by atoms with Crippen LogP contribution < -0.4 is 0 Å². The van der Waals surface area contributed by atoms with Crippen molar-refractivity contribution in [2.45, 2.75) is 59.9 Å². The van der Waals surface area contributed by atoms with Gasteiger partial charge in [0, 0.05) is 5.41 Å². The molecule has 2 aliphatic carbocycles. The zero-order chi connectivity index (χ0) is 24.7. The maximum Gasteiger partial charge on any atom is 0.280 e. The van der Waals surface area contributed by atoms with E-state index in [-0.39, 0.29) is 17.2 Å². The van der Waals surface area contributed by atoms with Crippen LogP contribution in [-0.2, 0) is 9.59 Å². The molecule has 4 aliphatic rings. The lowest BCUT2D eigenvalue weighted by atomic mass is 9.76. The van der Waals surface area contributed by atoms with Crippen LogP contribution >= 0.6 is 0 Å². The van der Waals surface area contributed by atoms with Gasteiger partial charge in [0.15, 0.2) is 0 Å². The SMILES string of the molecule is CCC(C)C1(C)C=CC=C(N2N=C(C)/C(=C\C3C(=O)N(C4(C)C=CC=CC4)N=C3C)C2=O)C=C1. The van der Waals surface area contributed by atoms with E-state index in [1.807, 2.05) is 63.3 Å². The van der Waals surface area contributed by atoms with Gasteiger partial charge in [0.25, 0.3) is 11.8 Å². The predicted molar refractivity (Wildman–Crippen MR) is 137 cm³/mol. The summed E-state index contributed by atoms with van der Waals surface area (Å²) in [6, 6.07) is 0. The molecule has 6 nitrogen and oxygen atoms in total. The molecule has 0 bridgehead atoms. The molecule has 34 heavy (non-hydrogen) atoms. The fraction of sp³-hybridized carbons (Fsp3) is 0.429. The molecule has 4 unspecified atom stereocenters. The Balaban J connectivity index is 1.56. The zero-order valence-corrected chi connectivity index (χ0v) is 20.9. The van der Waals surface area contributed by atoms with Gasteiger partial charge >= 0.3 is 0 Å². The Morgan fingerprint density at radius 3 is 2.56 bits per heavy atom. The van der Waals surface area contributed by atoms with Crippen molar-refractivity contribution in [3.05, 3.63) is 72.0 Å². The van der Waals surface area contributed by atoms with E-state index in [9.17, 15) is 9.59 Å². The molecule has 4 rings (SSSR count). The van der Waals surface area contributed by atoms with Gasteiger partial charge in [-0.1, -0.05) is 75.8 Å². The van der Waals surface area contributed by atoms with Gasteiger partial charge in [-0.25, -0.2) is 5.01 Å². The lowest BCUT2D eigenvalue weighted by Crippen LogP contribution is -2.44. The van der Waals surface area contributed by atoms with E-state index in [2.05, 4.69) is 43.1 Å². The number of rotatable bonds is 5. The Morgan fingerprint density at radius 2 is 1.88 bits per heavy atom. The first-order chi connectivity index (χ1) is 16.1. The minimum atomic E-state index is -0.576. The van der Waals surface area contributed by atoms with Crippen LogP contribution in [0.4, 0.5) is 0 Å². The second kappa shape index (κ2) is 8.82. The largest absolute Gasteiger partial charge is 0.280 e. The molecular weight excluding hydrogens is 424 g/mol. The summed E-state index contributed by atoms with van der Waals surface area (Å²) in [6.07, 6.45) is 21.7. The fourth-order valence-corrected chi connectivity index (χ4v) is 4.70. The lowest BCUT2D eigenvalue weighted by Gasteiger charge is -2.34. The number of carbonyl (C=O) groups is 2. The van der Waals surface area contributed by atoms with Gasteiger partial charge in [-0.3, -0.25) is 9.59 Å². The molecule has 0 saturated heterocycles. The van der Waals surface area contributed by atoms with E-state index in [4.69, 9.17) is 0 Å². The van der Waals surface area contributed by atoms with Crippen molar-refractivity contribution in [2.24, 2.45) is 27.5 Å². The minimum Gasteiger partial charge on any atom is -0.272 e. The van der Waals surface area contributed by atoms with Crippen molar-refractivity contribution in [2.75, 3.05) is 0 Å². The summed E-state index contributed by atoms with van der Waals surface area (Å²) < 4.78 is 0. The van der Waals surface area contributed by atoms with Crippen LogP contribution in [0.25, 0.3) is 0 Å². The smallest absolute Gasteiger partial charge is 0.272 e. The second-order valence-corrected chi connectivity index (χ2v) is 10.1. The summed E-state index contributed by atoms with van der Waals surface area (Å²) in [5.74, 6) is -0.447. The third-order valence-corrected chi connectivity index (χ3v) is 7.55. The number of hydrazone groups is 2. The first-order valence-corrected chi connectivity index (χ1v) is 12.0. The maximum atomic E-state index is 13.4. The van der Waals surface area contributed by atoms with Gasteiger partial charge in [0.1, 0.15) is 0 Å². The normalized spacial score (nSPS) is 32.9. The molecule has 0 aromatic rings.